The molecule has 0 saturated carbocycles. The van der Waals surface area contributed by atoms with E-state index in [4.69, 9.17) is 10.2 Å². The Hall–Kier alpha value is -1.69. The number of hydrogen-bond acceptors (Lipinski definition) is 4. The molecular weight excluding hydrogens is 230 g/mol. The molecule has 0 saturated heterocycles. The number of aliphatic hydroxyl groups is 2. The second-order valence-electron chi connectivity index (χ2n) is 4.06. The van der Waals surface area contributed by atoms with E-state index in [9.17, 15) is 0 Å². The standard InChI is InChI=1S/C13H17N3O2/c17-9-12(10-18)14-8-11-2-4-13(5-3-11)16-7-1-6-15-16/h1-7,12,14,17-18H,8-10H2. The van der Waals surface area contributed by atoms with E-state index < -0.39 is 0 Å². The van der Waals surface area contributed by atoms with Crippen LogP contribution in [0.5, 0.6) is 0 Å². The predicted molar refractivity (Wildman–Crippen MR) is 68.4 cm³/mol. The zero-order valence-electron chi connectivity index (χ0n) is 10.0. The Morgan fingerprint density at radius 1 is 1.17 bits per heavy atom. The van der Waals surface area contributed by atoms with Gasteiger partial charge in [-0.2, -0.15) is 5.10 Å². The molecule has 1 heterocycles. The van der Waals surface area contributed by atoms with Crippen molar-refractivity contribution < 1.29 is 10.2 Å². The minimum atomic E-state index is -0.268. The lowest BCUT2D eigenvalue weighted by Crippen LogP contribution is -2.35. The third kappa shape index (κ3) is 3.16. The van der Waals surface area contributed by atoms with Gasteiger partial charge < -0.3 is 15.5 Å². The summed E-state index contributed by atoms with van der Waals surface area (Å²) in [5, 5.41) is 25.1. The fraction of sp³-hybridized carbons (Fsp3) is 0.308. The molecule has 0 amide bonds. The van der Waals surface area contributed by atoms with E-state index in [2.05, 4.69) is 10.4 Å². The van der Waals surface area contributed by atoms with Crippen LogP contribution in [0, 0.1) is 0 Å². The van der Waals surface area contributed by atoms with Gasteiger partial charge in [-0.1, -0.05) is 12.1 Å². The fourth-order valence-corrected chi connectivity index (χ4v) is 1.64. The van der Waals surface area contributed by atoms with E-state index in [1.165, 1.54) is 0 Å². The molecular formula is C13H17N3O2. The highest BCUT2D eigenvalue weighted by atomic mass is 16.3. The van der Waals surface area contributed by atoms with E-state index in [0.717, 1.165) is 11.3 Å². The molecule has 5 heteroatoms. The first kappa shape index (κ1) is 12.8. The molecule has 1 aromatic carbocycles. The Balaban J connectivity index is 1.96. The maximum Gasteiger partial charge on any atom is 0.0645 e. The molecule has 2 aromatic rings. The summed E-state index contributed by atoms with van der Waals surface area (Å²) >= 11 is 0. The minimum Gasteiger partial charge on any atom is -0.395 e. The van der Waals surface area contributed by atoms with E-state index in [-0.39, 0.29) is 19.3 Å². The number of rotatable bonds is 6. The Morgan fingerprint density at radius 3 is 2.44 bits per heavy atom. The van der Waals surface area contributed by atoms with Gasteiger partial charge in [-0.25, -0.2) is 4.68 Å². The molecule has 0 bridgehead atoms. The molecule has 0 spiro atoms. The number of nitrogens with one attached hydrogen (secondary N) is 1. The molecule has 0 radical (unpaired) electrons. The van der Waals surface area contributed by atoms with Gasteiger partial charge in [0.15, 0.2) is 0 Å². The second-order valence-corrected chi connectivity index (χ2v) is 4.06. The Kier molecular flexibility index (Phi) is 4.46. The molecule has 3 N–H and O–H groups in total. The first-order chi connectivity index (χ1) is 8.83. The van der Waals surface area contributed by atoms with Crippen LogP contribution in [0.3, 0.4) is 0 Å². The zero-order chi connectivity index (χ0) is 12.8. The maximum absolute atomic E-state index is 8.94. The summed E-state index contributed by atoms with van der Waals surface area (Å²) in [6.07, 6.45) is 3.63. The molecule has 96 valence electrons. The highest BCUT2D eigenvalue weighted by Gasteiger charge is 2.04. The molecule has 0 aliphatic heterocycles. The van der Waals surface area contributed by atoms with Gasteiger partial charge in [0.05, 0.1) is 24.9 Å². The number of aliphatic hydroxyl groups excluding tert-OH is 2. The third-order valence-corrected chi connectivity index (χ3v) is 2.74. The second kappa shape index (κ2) is 6.30. The average Bonchev–Trinajstić information content (AvgIpc) is 2.94. The molecule has 0 aliphatic rings. The van der Waals surface area contributed by atoms with E-state index >= 15 is 0 Å². The minimum absolute atomic E-state index is 0.0676. The summed E-state index contributed by atoms with van der Waals surface area (Å²) in [5.41, 5.74) is 2.10. The van der Waals surface area contributed by atoms with Crippen molar-refractivity contribution >= 4 is 0 Å². The molecule has 0 fully saturated rings. The van der Waals surface area contributed by atoms with Crippen LogP contribution in [0.15, 0.2) is 42.7 Å². The van der Waals surface area contributed by atoms with Crippen molar-refractivity contribution in [3.8, 4) is 5.69 Å². The first-order valence-electron chi connectivity index (χ1n) is 5.87. The Morgan fingerprint density at radius 2 is 1.89 bits per heavy atom. The number of hydrogen-bond donors (Lipinski definition) is 3. The third-order valence-electron chi connectivity index (χ3n) is 2.74. The molecule has 0 atom stereocenters. The summed E-state index contributed by atoms with van der Waals surface area (Å²) in [6.45, 7) is 0.481. The molecule has 0 unspecified atom stereocenters. The van der Waals surface area contributed by atoms with Crippen molar-refractivity contribution in [2.75, 3.05) is 13.2 Å². The summed E-state index contributed by atoms with van der Waals surface area (Å²) in [7, 11) is 0. The Bertz CT molecular complexity index is 450. The summed E-state index contributed by atoms with van der Waals surface area (Å²) in [4.78, 5) is 0. The van der Waals surface area contributed by atoms with Gasteiger partial charge >= 0.3 is 0 Å². The highest BCUT2D eigenvalue weighted by Crippen LogP contribution is 2.08. The van der Waals surface area contributed by atoms with Crippen molar-refractivity contribution in [2.24, 2.45) is 0 Å². The van der Waals surface area contributed by atoms with Gasteiger partial charge in [0, 0.05) is 18.9 Å². The predicted octanol–water partition coefficient (Wildman–Crippen LogP) is 0.315. The monoisotopic (exact) mass is 247 g/mol. The first-order valence-corrected chi connectivity index (χ1v) is 5.87. The molecule has 2 rings (SSSR count). The van der Waals surface area contributed by atoms with Crippen LogP contribution in [0.25, 0.3) is 5.69 Å². The van der Waals surface area contributed by atoms with Crippen molar-refractivity contribution in [1.82, 2.24) is 15.1 Å². The summed E-state index contributed by atoms with van der Waals surface area (Å²) in [5.74, 6) is 0. The summed E-state index contributed by atoms with van der Waals surface area (Å²) < 4.78 is 1.79. The van der Waals surface area contributed by atoms with Crippen LogP contribution in [-0.4, -0.2) is 39.2 Å². The lowest BCUT2D eigenvalue weighted by Gasteiger charge is -2.13. The van der Waals surface area contributed by atoms with Crippen LogP contribution < -0.4 is 5.32 Å². The highest BCUT2D eigenvalue weighted by molar-refractivity contribution is 5.33. The average molecular weight is 247 g/mol. The van der Waals surface area contributed by atoms with Gasteiger partial charge in [0.2, 0.25) is 0 Å². The van der Waals surface area contributed by atoms with E-state index in [1.807, 2.05) is 36.5 Å². The zero-order valence-corrected chi connectivity index (χ0v) is 10.0. The van der Waals surface area contributed by atoms with Crippen molar-refractivity contribution in [1.29, 1.82) is 0 Å². The van der Waals surface area contributed by atoms with Gasteiger partial charge in [-0.15, -0.1) is 0 Å². The fourth-order valence-electron chi connectivity index (χ4n) is 1.64. The van der Waals surface area contributed by atoms with E-state index in [1.54, 1.807) is 10.9 Å². The van der Waals surface area contributed by atoms with Crippen LogP contribution in [0.2, 0.25) is 0 Å². The molecule has 18 heavy (non-hydrogen) atoms. The summed E-state index contributed by atoms with van der Waals surface area (Å²) in [6, 6.07) is 9.57. The van der Waals surface area contributed by atoms with Crippen LogP contribution in [0.1, 0.15) is 5.56 Å². The topological polar surface area (TPSA) is 70.3 Å². The van der Waals surface area contributed by atoms with Gasteiger partial charge in [0.25, 0.3) is 0 Å². The normalized spacial score (nSPS) is 11.1. The van der Waals surface area contributed by atoms with Crippen molar-refractivity contribution in [3.05, 3.63) is 48.3 Å². The number of nitrogens with zero attached hydrogens (tertiary/aromatic N) is 2. The molecule has 1 aromatic heterocycles. The van der Waals surface area contributed by atoms with Gasteiger partial charge in [0.1, 0.15) is 0 Å². The molecule has 5 nitrogen and oxygen atoms in total. The van der Waals surface area contributed by atoms with Gasteiger partial charge in [-0.3, -0.25) is 0 Å². The van der Waals surface area contributed by atoms with Crippen LogP contribution in [-0.2, 0) is 6.54 Å². The van der Waals surface area contributed by atoms with Crippen molar-refractivity contribution in [2.45, 2.75) is 12.6 Å². The maximum atomic E-state index is 8.94. The lowest BCUT2D eigenvalue weighted by molar-refractivity contribution is 0.170. The number of aromatic nitrogens is 2. The number of benzene rings is 1. The van der Waals surface area contributed by atoms with Crippen LogP contribution in [0.4, 0.5) is 0 Å². The largest absolute Gasteiger partial charge is 0.395 e. The Labute approximate surface area is 106 Å². The van der Waals surface area contributed by atoms with Gasteiger partial charge in [-0.05, 0) is 23.8 Å². The molecule has 0 aliphatic carbocycles. The van der Waals surface area contributed by atoms with Crippen LogP contribution >= 0.6 is 0 Å². The smallest absolute Gasteiger partial charge is 0.0645 e. The lowest BCUT2D eigenvalue weighted by atomic mass is 10.2. The quantitative estimate of drug-likeness (QED) is 0.687. The van der Waals surface area contributed by atoms with Crippen molar-refractivity contribution in [3.63, 3.8) is 0 Å². The van der Waals surface area contributed by atoms with E-state index in [0.29, 0.717) is 6.54 Å². The SMILES string of the molecule is OCC(CO)NCc1ccc(-n2cccn2)cc1.